The average molecular weight is 286 g/mol. The van der Waals surface area contributed by atoms with E-state index in [9.17, 15) is 4.79 Å². The molecule has 0 saturated heterocycles. The molecule has 1 aromatic rings. The Kier molecular flexibility index (Phi) is 3.66. The van der Waals surface area contributed by atoms with E-state index < -0.39 is 0 Å². The molecule has 0 spiro atoms. The first-order chi connectivity index (χ1) is 7.75. The molecule has 0 fully saturated rings. The van der Waals surface area contributed by atoms with E-state index in [-0.39, 0.29) is 4.82 Å². The molecular formula is C11H12BrNO3. The Morgan fingerprint density at radius 1 is 1.31 bits per heavy atom. The topological polar surface area (TPSA) is 47.6 Å². The van der Waals surface area contributed by atoms with Gasteiger partial charge < -0.3 is 14.8 Å². The van der Waals surface area contributed by atoms with Gasteiger partial charge in [0.05, 0.1) is 13.2 Å². The van der Waals surface area contributed by atoms with Crippen molar-refractivity contribution in [2.45, 2.75) is 13.0 Å². The van der Waals surface area contributed by atoms with E-state index in [2.05, 4.69) is 21.2 Å². The zero-order chi connectivity index (χ0) is 11.4. The third-order valence-electron chi connectivity index (χ3n) is 2.24. The summed E-state index contributed by atoms with van der Waals surface area (Å²) in [5.41, 5.74) is 0.983. The molecule has 1 amide bonds. The molecule has 16 heavy (non-hydrogen) atoms. The Bertz CT molecular complexity index is 395. The molecule has 0 radical (unpaired) electrons. The molecule has 1 aliphatic rings. The summed E-state index contributed by atoms with van der Waals surface area (Å²) in [4.78, 5) is 10.5. The van der Waals surface area contributed by atoms with Crippen molar-refractivity contribution in [3.05, 3.63) is 23.8 Å². The molecule has 4 nitrogen and oxygen atoms in total. The van der Waals surface area contributed by atoms with E-state index in [1.807, 2.05) is 18.2 Å². The standard InChI is InChI=1S/C11H12BrNO3/c12-11(14)13-7-8-2-3-9-10(6-8)16-5-1-4-15-9/h2-3,6H,1,4-5,7H2,(H,13,14). The zero-order valence-corrected chi connectivity index (χ0v) is 10.2. The number of ether oxygens (including phenoxy) is 2. The van der Waals surface area contributed by atoms with Gasteiger partial charge in [-0.2, -0.15) is 0 Å². The number of rotatable bonds is 2. The van der Waals surface area contributed by atoms with Crippen molar-refractivity contribution < 1.29 is 14.3 Å². The van der Waals surface area contributed by atoms with Crippen molar-refractivity contribution >= 4 is 20.7 Å². The van der Waals surface area contributed by atoms with Gasteiger partial charge in [-0.3, -0.25) is 4.79 Å². The highest BCUT2D eigenvalue weighted by atomic mass is 79.9. The van der Waals surface area contributed by atoms with Gasteiger partial charge in [0, 0.05) is 28.9 Å². The van der Waals surface area contributed by atoms with Crippen LogP contribution >= 0.6 is 15.9 Å². The van der Waals surface area contributed by atoms with E-state index in [0.29, 0.717) is 19.8 Å². The van der Waals surface area contributed by atoms with Crippen LogP contribution in [0.15, 0.2) is 18.2 Å². The lowest BCUT2D eigenvalue weighted by Crippen LogP contribution is -2.14. The summed E-state index contributed by atoms with van der Waals surface area (Å²) in [6.07, 6.45) is 0.891. The molecule has 0 bridgehead atoms. The van der Waals surface area contributed by atoms with Gasteiger partial charge in [0.1, 0.15) is 0 Å². The van der Waals surface area contributed by atoms with E-state index in [4.69, 9.17) is 9.47 Å². The molecule has 1 heterocycles. The molecule has 1 aromatic carbocycles. The molecule has 5 heteroatoms. The summed E-state index contributed by atoms with van der Waals surface area (Å²) >= 11 is 2.81. The maximum absolute atomic E-state index is 10.7. The van der Waals surface area contributed by atoms with Crippen molar-refractivity contribution in [2.75, 3.05) is 13.2 Å². The van der Waals surface area contributed by atoms with Crippen molar-refractivity contribution in [3.8, 4) is 11.5 Å². The van der Waals surface area contributed by atoms with Gasteiger partial charge >= 0.3 is 0 Å². The van der Waals surface area contributed by atoms with Crippen LogP contribution in [0.1, 0.15) is 12.0 Å². The summed E-state index contributed by atoms with van der Waals surface area (Å²) in [6.45, 7) is 1.83. The lowest BCUT2D eigenvalue weighted by atomic mass is 10.2. The highest BCUT2D eigenvalue weighted by Gasteiger charge is 2.10. The Balaban J connectivity index is 2.11. The minimum Gasteiger partial charge on any atom is -0.490 e. The summed E-state index contributed by atoms with van der Waals surface area (Å²) < 4.78 is 11.1. The molecule has 0 saturated carbocycles. The predicted octanol–water partition coefficient (Wildman–Crippen LogP) is 2.45. The number of nitrogens with one attached hydrogen (secondary N) is 1. The third-order valence-corrected chi connectivity index (χ3v) is 2.52. The monoisotopic (exact) mass is 285 g/mol. The van der Waals surface area contributed by atoms with E-state index in [0.717, 1.165) is 23.5 Å². The molecule has 0 aromatic heterocycles. The van der Waals surface area contributed by atoms with Crippen LogP contribution in [0.2, 0.25) is 0 Å². The van der Waals surface area contributed by atoms with Gasteiger partial charge in [0.15, 0.2) is 11.5 Å². The second kappa shape index (κ2) is 5.21. The van der Waals surface area contributed by atoms with Crippen LogP contribution in [0.3, 0.4) is 0 Å². The fourth-order valence-electron chi connectivity index (χ4n) is 1.49. The second-order valence-electron chi connectivity index (χ2n) is 3.46. The SMILES string of the molecule is O=C(Br)NCc1ccc2c(c1)OCCCO2. The number of amides is 1. The minimum absolute atomic E-state index is 0.223. The lowest BCUT2D eigenvalue weighted by molar-refractivity contribution is 0.261. The van der Waals surface area contributed by atoms with Gasteiger partial charge in [-0.05, 0) is 17.7 Å². The first kappa shape index (κ1) is 11.3. The van der Waals surface area contributed by atoms with Crippen LogP contribution in [0, 0.1) is 0 Å². The summed E-state index contributed by atoms with van der Waals surface area (Å²) in [7, 11) is 0. The zero-order valence-electron chi connectivity index (χ0n) is 8.66. The van der Waals surface area contributed by atoms with Crippen LogP contribution in [0.4, 0.5) is 4.79 Å². The highest BCUT2D eigenvalue weighted by Crippen LogP contribution is 2.30. The van der Waals surface area contributed by atoms with E-state index in [1.165, 1.54) is 0 Å². The van der Waals surface area contributed by atoms with Gasteiger partial charge in [-0.15, -0.1) is 0 Å². The fourth-order valence-corrected chi connectivity index (χ4v) is 1.63. The molecule has 2 rings (SSSR count). The number of hydrogen-bond acceptors (Lipinski definition) is 3. The predicted molar refractivity (Wildman–Crippen MR) is 63.2 cm³/mol. The molecule has 0 unspecified atom stereocenters. The summed E-state index contributed by atoms with van der Waals surface area (Å²) in [5.74, 6) is 1.52. The second-order valence-corrected chi connectivity index (χ2v) is 4.18. The third kappa shape index (κ3) is 2.88. The number of hydrogen-bond donors (Lipinski definition) is 1. The van der Waals surface area contributed by atoms with Crippen molar-refractivity contribution in [1.29, 1.82) is 0 Å². The Morgan fingerprint density at radius 3 is 2.81 bits per heavy atom. The van der Waals surface area contributed by atoms with Gasteiger partial charge in [0.2, 0.25) is 0 Å². The first-order valence-corrected chi connectivity index (χ1v) is 5.87. The molecule has 0 atom stereocenters. The molecule has 86 valence electrons. The highest BCUT2D eigenvalue weighted by molar-refractivity contribution is 9.18. The number of fused-ring (bicyclic) bond motifs is 1. The van der Waals surface area contributed by atoms with Crippen LogP contribution < -0.4 is 14.8 Å². The van der Waals surface area contributed by atoms with Gasteiger partial charge in [-0.1, -0.05) is 6.07 Å². The average Bonchev–Trinajstić information content (AvgIpc) is 2.50. The van der Waals surface area contributed by atoms with Crippen molar-refractivity contribution in [3.63, 3.8) is 0 Å². The number of carbonyl (C=O) groups is 1. The number of carbonyl (C=O) groups excluding carboxylic acids is 1. The van der Waals surface area contributed by atoms with E-state index >= 15 is 0 Å². The molecule has 1 N–H and O–H groups in total. The van der Waals surface area contributed by atoms with Gasteiger partial charge in [0.25, 0.3) is 4.82 Å². The summed E-state index contributed by atoms with van der Waals surface area (Å²) in [5, 5.41) is 2.67. The van der Waals surface area contributed by atoms with Crippen LogP contribution in [-0.2, 0) is 6.54 Å². The Labute approximate surface area is 102 Å². The first-order valence-electron chi connectivity index (χ1n) is 5.07. The minimum atomic E-state index is -0.223. The number of benzene rings is 1. The number of halogens is 1. The Morgan fingerprint density at radius 2 is 2.06 bits per heavy atom. The van der Waals surface area contributed by atoms with E-state index in [1.54, 1.807) is 0 Å². The van der Waals surface area contributed by atoms with Crippen molar-refractivity contribution in [1.82, 2.24) is 5.32 Å². The molecule has 0 aliphatic carbocycles. The molecule has 1 aliphatic heterocycles. The summed E-state index contributed by atoms with van der Waals surface area (Å²) in [6, 6.07) is 5.68. The smallest absolute Gasteiger partial charge is 0.287 e. The lowest BCUT2D eigenvalue weighted by Gasteiger charge is -2.09. The maximum atomic E-state index is 10.7. The largest absolute Gasteiger partial charge is 0.490 e. The normalized spacial score (nSPS) is 14.1. The van der Waals surface area contributed by atoms with Crippen molar-refractivity contribution in [2.24, 2.45) is 0 Å². The van der Waals surface area contributed by atoms with Crippen LogP contribution in [-0.4, -0.2) is 18.0 Å². The quantitative estimate of drug-likeness (QED) is 0.671. The Hall–Kier alpha value is -1.23. The van der Waals surface area contributed by atoms with Gasteiger partial charge in [-0.25, -0.2) is 0 Å². The maximum Gasteiger partial charge on any atom is 0.287 e. The van der Waals surface area contributed by atoms with Crippen LogP contribution in [0.5, 0.6) is 11.5 Å². The van der Waals surface area contributed by atoms with Crippen LogP contribution in [0.25, 0.3) is 0 Å². The fraction of sp³-hybridized carbons (Fsp3) is 0.364. The molecular weight excluding hydrogens is 274 g/mol.